The van der Waals surface area contributed by atoms with E-state index in [0.29, 0.717) is 12.1 Å². The summed E-state index contributed by atoms with van der Waals surface area (Å²) in [6, 6.07) is 1.12. The Morgan fingerprint density at radius 1 is 1.08 bits per heavy atom. The molecule has 0 spiro atoms. The zero-order valence-corrected chi connectivity index (χ0v) is 15.7. The van der Waals surface area contributed by atoms with Crippen molar-refractivity contribution < 1.29 is 4.79 Å². The van der Waals surface area contributed by atoms with Crippen LogP contribution in [0.15, 0.2) is 0 Å². The molecule has 1 saturated carbocycles. The molecule has 1 aliphatic carbocycles. The lowest BCUT2D eigenvalue weighted by Gasteiger charge is -2.33. The monoisotopic (exact) mass is 336 g/mol. The first kappa shape index (κ1) is 18.0. The van der Waals surface area contributed by atoms with Gasteiger partial charge in [0.15, 0.2) is 0 Å². The Labute approximate surface area is 147 Å². The first-order chi connectivity index (χ1) is 11.6. The molecular weight excluding hydrogens is 300 g/mol. The minimum absolute atomic E-state index is 0.191. The van der Waals surface area contributed by atoms with Gasteiger partial charge in [-0.25, -0.2) is 4.79 Å². The van der Waals surface area contributed by atoms with Crippen molar-refractivity contribution in [2.45, 2.75) is 64.0 Å². The van der Waals surface area contributed by atoms with E-state index in [1.165, 1.54) is 71.2 Å². The maximum atomic E-state index is 12.6. The highest BCUT2D eigenvalue weighted by Gasteiger charge is 2.42. The van der Waals surface area contributed by atoms with Gasteiger partial charge in [-0.2, -0.15) is 0 Å². The third-order valence-electron chi connectivity index (χ3n) is 6.35. The largest absolute Gasteiger partial charge is 0.338 e. The molecule has 0 aromatic rings. The number of hydrogen-bond donors (Lipinski definition) is 1. The van der Waals surface area contributed by atoms with Crippen molar-refractivity contribution >= 4 is 6.03 Å². The molecule has 0 aromatic heterocycles. The second-order valence-electron chi connectivity index (χ2n) is 8.19. The van der Waals surface area contributed by atoms with Crippen LogP contribution in [0.3, 0.4) is 0 Å². The zero-order chi connectivity index (χ0) is 16.9. The summed E-state index contributed by atoms with van der Waals surface area (Å²) in [4.78, 5) is 19.7. The van der Waals surface area contributed by atoms with Crippen molar-refractivity contribution in [3.63, 3.8) is 0 Å². The van der Waals surface area contributed by atoms with E-state index in [1.54, 1.807) is 0 Å². The van der Waals surface area contributed by atoms with Gasteiger partial charge in [0, 0.05) is 44.8 Å². The number of likely N-dealkylation sites (tertiary alicyclic amines) is 1. The van der Waals surface area contributed by atoms with Gasteiger partial charge in [0.1, 0.15) is 0 Å². The molecule has 2 heterocycles. The lowest BCUT2D eigenvalue weighted by molar-refractivity contribution is 0.150. The van der Waals surface area contributed by atoms with Crippen LogP contribution in [0.2, 0.25) is 0 Å². The normalized spacial score (nSPS) is 31.9. The van der Waals surface area contributed by atoms with Gasteiger partial charge in [0.05, 0.1) is 0 Å². The highest BCUT2D eigenvalue weighted by atomic mass is 16.2. The molecule has 0 aromatic carbocycles. The summed E-state index contributed by atoms with van der Waals surface area (Å²) < 4.78 is 0. The highest BCUT2D eigenvalue weighted by Crippen LogP contribution is 2.39. The standard InChI is InChI=1S/C19H36N4O/c1-16-15-17-7-3-4-8-18(17)23(16)19(24)20-9-5-6-10-22-13-11-21(2)12-14-22/h16-18H,3-15H2,1-2H3,(H,20,24). The first-order valence-electron chi connectivity index (χ1n) is 10.1. The lowest BCUT2D eigenvalue weighted by Crippen LogP contribution is -2.48. The van der Waals surface area contributed by atoms with E-state index in [4.69, 9.17) is 0 Å². The van der Waals surface area contributed by atoms with E-state index in [9.17, 15) is 4.79 Å². The average Bonchev–Trinajstić information content (AvgIpc) is 2.92. The molecule has 24 heavy (non-hydrogen) atoms. The molecule has 0 bridgehead atoms. The van der Waals surface area contributed by atoms with Crippen LogP contribution in [-0.2, 0) is 0 Å². The van der Waals surface area contributed by atoms with Crippen LogP contribution in [0.5, 0.6) is 0 Å². The number of fused-ring (bicyclic) bond motifs is 1. The van der Waals surface area contributed by atoms with E-state index in [0.717, 1.165) is 18.9 Å². The van der Waals surface area contributed by atoms with Crippen LogP contribution in [0.4, 0.5) is 4.79 Å². The van der Waals surface area contributed by atoms with Gasteiger partial charge in [-0.05, 0) is 58.5 Å². The number of carbonyl (C=O) groups excluding carboxylic acids is 1. The van der Waals surface area contributed by atoms with Crippen molar-refractivity contribution in [1.29, 1.82) is 0 Å². The van der Waals surface area contributed by atoms with E-state index >= 15 is 0 Å². The molecule has 5 heteroatoms. The van der Waals surface area contributed by atoms with E-state index in [-0.39, 0.29) is 6.03 Å². The number of nitrogens with zero attached hydrogens (tertiary/aromatic N) is 3. The van der Waals surface area contributed by atoms with Crippen molar-refractivity contribution in [1.82, 2.24) is 20.0 Å². The third-order valence-corrected chi connectivity index (χ3v) is 6.35. The molecule has 3 rings (SSSR count). The molecule has 0 radical (unpaired) electrons. The lowest BCUT2D eigenvalue weighted by atomic mass is 9.85. The minimum Gasteiger partial charge on any atom is -0.338 e. The molecule has 3 fully saturated rings. The Morgan fingerprint density at radius 3 is 2.62 bits per heavy atom. The zero-order valence-electron chi connectivity index (χ0n) is 15.7. The number of unbranched alkanes of at least 4 members (excludes halogenated alkanes) is 1. The summed E-state index contributed by atoms with van der Waals surface area (Å²) in [5.41, 5.74) is 0. The SMILES string of the molecule is CC1CC2CCCCC2N1C(=O)NCCCCN1CCN(C)CC1. The molecule has 2 aliphatic heterocycles. The maximum Gasteiger partial charge on any atom is 0.317 e. The number of urea groups is 1. The Bertz CT molecular complexity index is 408. The quantitative estimate of drug-likeness (QED) is 0.784. The molecule has 1 N–H and O–H groups in total. The predicted octanol–water partition coefficient (Wildman–Crippen LogP) is 2.38. The summed E-state index contributed by atoms with van der Waals surface area (Å²) in [5, 5.41) is 3.19. The second kappa shape index (κ2) is 8.52. The van der Waals surface area contributed by atoms with Crippen LogP contribution in [0, 0.1) is 5.92 Å². The highest BCUT2D eigenvalue weighted by molar-refractivity contribution is 5.75. The number of carbonyl (C=O) groups is 1. The minimum atomic E-state index is 0.191. The van der Waals surface area contributed by atoms with Crippen molar-refractivity contribution in [2.75, 3.05) is 46.3 Å². The van der Waals surface area contributed by atoms with Crippen LogP contribution in [0.25, 0.3) is 0 Å². The van der Waals surface area contributed by atoms with Gasteiger partial charge in [-0.1, -0.05) is 12.8 Å². The second-order valence-corrected chi connectivity index (χ2v) is 8.19. The van der Waals surface area contributed by atoms with E-state index in [2.05, 4.69) is 34.0 Å². The van der Waals surface area contributed by atoms with Crippen LogP contribution in [0.1, 0.15) is 51.9 Å². The van der Waals surface area contributed by atoms with E-state index in [1.807, 2.05) is 0 Å². The molecule has 3 aliphatic rings. The number of amides is 2. The molecule has 2 amide bonds. The fourth-order valence-electron chi connectivity index (χ4n) is 4.88. The molecule has 5 nitrogen and oxygen atoms in total. The molecular formula is C19H36N4O. The first-order valence-corrected chi connectivity index (χ1v) is 10.1. The summed E-state index contributed by atoms with van der Waals surface area (Å²) in [6.07, 6.45) is 8.68. The molecule has 3 atom stereocenters. The maximum absolute atomic E-state index is 12.6. The predicted molar refractivity (Wildman–Crippen MR) is 98.2 cm³/mol. The summed E-state index contributed by atoms with van der Waals surface area (Å²) in [5.74, 6) is 0.761. The Balaban J connectivity index is 1.32. The van der Waals surface area contributed by atoms with Gasteiger partial charge in [0.2, 0.25) is 0 Å². The summed E-state index contributed by atoms with van der Waals surface area (Å²) in [7, 11) is 2.20. The van der Waals surface area contributed by atoms with Crippen LogP contribution >= 0.6 is 0 Å². The van der Waals surface area contributed by atoms with Gasteiger partial charge in [0.25, 0.3) is 0 Å². The van der Waals surface area contributed by atoms with Crippen molar-refractivity contribution in [2.24, 2.45) is 5.92 Å². The fourth-order valence-corrected chi connectivity index (χ4v) is 4.88. The average molecular weight is 337 g/mol. The number of likely N-dealkylation sites (N-methyl/N-ethyl adjacent to an activating group) is 1. The molecule has 3 unspecified atom stereocenters. The van der Waals surface area contributed by atoms with E-state index < -0.39 is 0 Å². The van der Waals surface area contributed by atoms with Crippen LogP contribution < -0.4 is 5.32 Å². The third kappa shape index (κ3) is 4.42. The topological polar surface area (TPSA) is 38.8 Å². The molecule has 2 saturated heterocycles. The Morgan fingerprint density at radius 2 is 1.83 bits per heavy atom. The summed E-state index contributed by atoms with van der Waals surface area (Å²) >= 11 is 0. The van der Waals surface area contributed by atoms with Crippen molar-refractivity contribution in [3.8, 4) is 0 Å². The number of piperazine rings is 1. The summed E-state index contributed by atoms with van der Waals surface area (Å²) in [6.45, 7) is 8.99. The smallest absolute Gasteiger partial charge is 0.317 e. The molecule has 138 valence electrons. The van der Waals surface area contributed by atoms with Crippen LogP contribution in [-0.4, -0.2) is 79.1 Å². The fraction of sp³-hybridized carbons (Fsp3) is 0.947. The number of nitrogens with one attached hydrogen (secondary N) is 1. The Hall–Kier alpha value is -0.810. The Kier molecular flexibility index (Phi) is 6.39. The van der Waals surface area contributed by atoms with Gasteiger partial charge in [-0.3, -0.25) is 0 Å². The van der Waals surface area contributed by atoms with Gasteiger partial charge < -0.3 is 20.0 Å². The number of rotatable bonds is 5. The van der Waals surface area contributed by atoms with Crippen molar-refractivity contribution in [3.05, 3.63) is 0 Å². The van der Waals surface area contributed by atoms with Gasteiger partial charge >= 0.3 is 6.03 Å². The number of hydrogen-bond acceptors (Lipinski definition) is 3. The van der Waals surface area contributed by atoms with Gasteiger partial charge in [-0.15, -0.1) is 0 Å².